The highest BCUT2D eigenvalue weighted by Crippen LogP contribution is 2.29. The molecule has 0 radical (unpaired) electrons. The molecule has 0 spiro atoms. The van der Waals surface area contributed by atoms with Crippen LogP contribution in [0.3, 0.4) is 0 Å². The van der Waals surface area contributed by atoms with Crippen LogP contribution in [-0.4, -0.2) is 12.5 Å². The Morgan fingerprint density at radius 3 is 2.57 bits per heavy atom. The van der Waals surface area contributed by atoms with Crippen LogP contribution in [0.2, 0.25) is 5.02 Å². The van der Waals surface area contributed by atoms with Gasteiger partial charge in [0.15, 0.2) is 0 Å². The lowest BCUT2D eigenvalue weighted by Gasteiger charge is -2.09. The topological polar surface area (TPSA) is 38.3 Å². The molecule has 1 aromatic heterocycles. The van der Waals surface area contributed by atoms with Crippen LogP contribution in [0.1, 0.15) is 20.1 Å². The molecule has 112 valence electrons. The number of hydrogen-bond donors (Lipinski definition) is 1. The maximum absolute atomic E-state index is 12.1. The van der Waals surface area contributed by atoms with Crippen LogP contribution in [0.25, 0.3) is 0 Å². The number of aryl methyl sites for hydroxylation is 2. The molecule has 3 nitrogen and oxygen atoms in total. The maximum atomic E-state index is 12.1. The van der Waals surface area contributed by atoms with Crippen LogP contribution in [0.4, 0.5) is 14.5 Å². The molecule has 0 aliphatic carbocycles. The second-order valence-electron chi connectivity index (χ2n) is 4.30. The highest BCUT2D eigenvalue weighted by molar-refractivity contribution is 7.12. The SMILES string of the molecule is Cc1cc(C(=O)Nc2ccc(OC(F)F)c(Cl)c2)c(C)s1. The van der Waals surface area contributed by atoms with Crippen LogP contribution >= 0.6 is 22.9 Å². The van der Waals surface area contributed by atoms with Gasteiger partial charge in [0.2, 0.25) is 0 Å². The third-order valence-corrected chi connectivity index (χ3v) is 3.95. The van der Waals surface area contributed by atoms with Crippen LogP contribution in [-0.2, 0) is 0 Å². The van der Waals surface area contributed by atoms with E-state index < -0.39 is 6.61 Å². The minimum Gasteiger partial charge on any atom is -0.433 e. The summed E-state index contributed by atoms with van der Waals surface area (Å²) in [6.07, 6.45) is 0. The molecule has 0 saturated heterocycles. The van der Waals surface area contributed by atoms with Gasteiger partial charge in [0.1, 0.15) is 5.75 Å². The minimum atomic E-state index is -2.95. The fraction of sp³-hybridized carbons (Fsp3) is 0.214. The van der Waals surface area contributed by atoms with Crippen molar-refractivity contribution in [3.63, 3.8) is 0 Å². The first-order valence-corrected chi connectivity index (χ1v) is 7.19. The molecule has 1 aromatic carbocycles. The maximum Gasteiger partial charge on any atom is 0.387 e. The molecule has 0 bridgehead atoms. The molecule has 1 amide bonds. The van der Waals surface area contributed by atoms with Crippen molar-refractivity contribution >= 4 is 34.5 Å². The van der Waals surface area contributed by atoms with Crippen molar-refractivity contribution in [2.75, 3.05) is 5.32 Å². The lowest BCUT2D eigenvalue weighted by molar-refractivity contribution is -0.0497. The molecule has 0 fully saturated rings. The number of hydrogen-bond acceptors (Lipinski definition) is 3. The Morgan fingerprint density at radius 2 is 2.05 bits per heavy atom. The van der Waals surface area contributed by atoms with Crippen LogP contribution in [0.15, 0.2) is 24.3 Å². The van der Waals surface area contributed by atoms with E-state index in [0.29, 0.717) is 11.3 Å². The number of amides is 1. The van der Waals surface area contributed by atoms with E-state index in [0.717, 1.165) is 9.75 Å². The van der Waals surface area contributed by atoms with Crippen LogP contribution in [0.5, 0.6) is 5.75 Å². The molecule has 7 heteroatoms. The van der Waals surface area contributed by atoms with Gasteiger partial charge in [-0.25, -0.2) is 0 Å². The monoisotopic (exact) mass is 331 g/mol. The number of carbonyl (C=O) groups excluding carboxylic acids is 1. The Hall–Kier alpha value is -1.66. The van der Waals surface area contributed by atoms with Gasteiger partial charge in [0.25, 0.3) is 5.91 Å². The van der Waals surface area contributed by atoms with Gasteiger partial charge in [-0.2, -0.15) is 8.78 Å². The molecule has 0 aliphatic rings. The summed E-state index contributed by atoms with van der Waals surface area (Å²) >= 11 is 7.36. The highest BCUT2D eigenvalue weighted by atomic mass is 35.5. The summed E-state index contributed by atoms with van der Waals surface area (Å²) in [5.41, 5.74) is 0.997. The third kappa shape index (κ3) is 3.92. The molecule has 0 atom stereocenters. The second-order valence-corrected chi connectivity index (χ2v) is 6.17. The zero-order valence-electron chi connectivity index (χ0n) is 11.2. The summed E-state index contributed by atoms with van der Waals surface area (Å²) in [7, 11) is 0. The van der Waals surface area contributed by atoms with Crippen molar-refractivity contribution in [1.29, 1.82) is 0 Å². The van der Waals surface area contributed by atoms with Gasteiger partial charge in [-0.15, -0.1) is 11.3 Å². The van der Waals surface area contributed by atoms with Gasteiger partial charge in [0.05, 0.1) is 10.6 Å². The first-order chi connectivity index (χ1) is 9.86. The zero-order chi connectivity index (χ0) is 15.6. The average molecular weight is 332 g/mol. The predicted octanol–water partition coefficient (Wildman–Crippen LogP) is 4.87. The van der Waals surface area contributed by atoms with Gasteiger partial charge in [0, 0.05) is 15.4 Å². The minimum absolute atomic E-state index is 0.00585. The molecule has 1 heterocycles. The summed E-state index contributed by atoms with van der Waals surface area (Å²) in [4.78, 5) is 14.1. The van der Waals surface area contributed by atoms with Crippen molar-refractivity contribution in [2.24, 2.45) is 0 Å². The van der Waals surface area contributed by atoms with E-state index >= 15 is 0 Å². The van der Waals surface area contributed by atoms with Gasteiger partial charge in [-0.05, 0) is 38.1 Å². The van der Waals surface area contributed by atoms with Gasteiger partial charge >= 0.3 is 6.61 Å². The standard InChI is InChI=1S/C14H12ClF2NO2S/c1-7-5-10(8(2)21-7)13(19)18-9-3-4-12(11(15)6-9)20-14(16)17/h3-6,14H,1-2H3,(H,18,19). The lowest BCUT2D eigenvalue weighted by Crippen LogP contribution is -2.12. The number of anilines is 1. The smallest absolute Gasteiger partial charge is 0.387 e. The molecular weight excluding hydrogens is 320 g/mol. The summed E-state index contributed by atoms with van der Waals surface area (Å²) < 4.78 is 28.5. The summed E-state index contributed by atoms with van der Waals surface area (Å²) in [6, 6.07) is 5.91. The Balaban J connectivity index is 2.15. The van der Waals surface area contributed by atoms with Crippen molar-refractivity contribution < 1.29 is 18.3 Å². The average Bonchev–Trinajstić information content (AvgIpc) is 2.71. The van der Waals surface area contributed by atoms with Crippen LogP contribution < -0.4 is 10.1 Å². The van der Waals surface area contributed by atoms with Crippen molar-refractivity contribution in [3.05, 3.63) is 44.6 Å². The molecule has 2 aromatic rings. The Morgan fingerprint density at radius 1 is 1.33 bits per heavy atom. The molecule has 2 rings (SSSR count). The fourth-order valence-electron chi connectivity index (χ4n) is 1.82. The van der Waals surface area contributed by atoms with E-state index in [1.807, 2.05) is 13.8 Å². The summed E-state index contributed by atoms with van der Waals surface area (Å²) in [6.45, 7) is 0.834. The van der Waals surface area contributed by atoms with Crippen molar-refractivity contribution in [2.45, 2.75) is 20.5 Å². The van der Waals surface area contributed by atoms with E-state index in [4.69, 9.17) is 11.6 Å². The van der Waals surface area contributed by atoms with Gasteiger partial charge < -0.3 is 10.1 Å². The number of carbonyl (C=O) groups is 1. The highest BCUT2D eigenvalue weighted by Gasteiger charge is 2.14. The first-order valence-electron chi connectivity index (χ1n) is 5.99. The van der Waals surface area contributed by atoms with E-state index in [1.165, 1.54) is 29.5 Å². The Kier molecular flexibility index (Phi) is 4.80. The van der Waals surface area contributed by atoms with Crippen LogP contribution in [0, 0.1) is 13.8 Å². The zero-order valence-corrected chi connectivity index (χ0v) is 12.8. The molecular formula is C14H12ClF2NO2S. The number of halogens is 3. The quantitative estimate of drug-likeness (QED) is 0.867. The molecule has 1 N–H and O–H groups in total. The van der Waals surface area contributed by atoms with Gasteiger partial charge in [-0.1, -0.05) is 11.6 Å². The van der Waals surface area contributed by atoms with Gasteiger partial charge in [-0.3, -0.25) is 4.79 Å². The first kappa shape index (κ1) is 15.7. The van der Waals surface area contributed by atoms with E-state index in [9.17, 15) is 13.6 Å². The Bertz CT molecular complexity index is 673. The van der Waals surface area contributed by atoms with Crippen molar-refractivity contribution in [1.82, 2.24) is 0 Å². The number of thiophene rings is 1. The number of benzene rings is 1. The molecule has 0 saturated carbocycles. The number of rotatable bonds is 4. The number of alkyl halides is 2. The summed E-state index contributed by atoms with van der Waals surface area (Å²) in [5.74, 6) is -0.400. The van der Waals surface area contributed by atoms with Crippen molar-refractivity contribution in [3.8, 4) is 5.75 Å². The summed E-state index contributed by atoms with van der Waals surface area (Å²) in [5, 5.41) is 2.68. The van der Waals surface area contributed by atoms with E-state index in [2.05, 4.69) is 10.1 Å². The number of ether oxygens (including phenoxy) is 1. The molecule has 21 heavy (non-hydrogen) atoms. The normalized spacial score (nSPS) is 10.8. The van der Waals surface area contributed by atoms with E-state index in [-0.39, 0.29) is 16.7 Å². The predicted molar refractivity (Wildman–Crippen MR) is 79.8 cm³/mol. The number of nitrogens with one attached hydrogen (secondary N) is 1. The fourth-order valence-corrected chi connectivity index (χ4v) is 2.97. The third-order valence-electron chi connectivity index (χ3n) is 2.69. The Labute approximate surface area is 129 Å². The molecule has 0 aliphatic heterocycles. The largest absolute Gasteiger partial charge is 0.433 e. The lowest BCUT2D eigenvalue weighted by atomic mass is 10.2. The van der Waals surface area contributed by atoms with E-state index in [1.54, 1.807) is 6.07 Å². The molecule has 0 unspecified atom stereocenters. The second kappa shape index (κ2) is 6.41.